The maximum absolute atomic E-state index is 13.5. The highest BCUT2D eigenvalue weighted by Gasteiger charge is 2.36. The van der Waals surface area contributed by atoms with Crippen LogP contribution >= 0.6 is 11.6 Å². The molecule has 0 radical (unpaired) electrons. The molecule has 2 aliphatic rings. The molecule has 2 aromatic rings. The van der Waals surface area contributed by atoms with Crippen molar-refractivity contribution in [2.24, 2.45) is 0 Å². The van der Waals surface area contributed by atoms with E-state index in [9.17, 15) is 13.2 Å². The molecule has 1 aliphatic heterocycles. The van der Waals surface area contributed by atoms with Crippen LogP contribution in [0.25, 0.3) is 5.69 Å². The van der Waals surface area contributed by atoms with E-state index in [1.807, 2.05) is 0 Å². The zero-order valence-electron chi connectivity index (χ0n) is 13.7. The molecule has 1 aromatic carbocycles. The number of aromatic nitrogens is 2. The first-order valence-electron chi connectivity index (χ1n) is 8.68. The topological polar surface area (TPSA) is 29.9 Å². The molecule has 4 rings (SSSR count). The molecule has 0 bridgehead atoms. The predicted octanol–water partition coefficient (Wildman–Crippen LogP) is 5.56. The smallest absolute Gasteiger partial charge is 0.370 e. The molecule has 0 amide bonds. The summed E-state index contributed by atoms with van der Waals surface area (Å²) in [5.74, 6) is 1.09. The Labute approximate surface area is 149 Å². The summed E-state index contributed by atoms with van der Waals surface area (Å²) in [5, 5.41) is 8.02. The fourth-order valence-corrected chi connectivity index (χ4v) is 3.81. The second kappa shape index (κ2) is 6.24. The Hall–Kier alpha value is -1.69. The Kier molecular flexibility index (Phi) is 4.18. The van der Waals surface area contributed by atoms with Crippen LogP contribution in [-0.4, -0.2) is 16.3 Å². The number of benzene rings is 1. The van der Waals surface area contributed by atoms with Gasteiger partial charge in [0.2, 0.25) is 0 Å². The van der Waals surface area contributed by atoms with E-state index in [2.05, 4.69) is 10.4 Å². The van der Waals surface area contributed by atoms with Crippen molar-refractivity contribution in [2.75, 3.05) is 11.9 Å². The van der Waals surface area contributed by atoms with Gasteiger partial charge in [-0.3, -0.25) is 0 Å². The summed E-state index contributed by atoms with van der Waals surface area (Å²) >= 11 is 5.82. The number of anilines is 1. The summed E-state index contributed by atoms with van der Waals surface area (Å²) in [5.41, 5.74) is 1.34. The van der Waals surface area contributed by atoms with Gasteiger partial charge in [0.25, 0.3) is 0 Å². The molecule has 1 aromatic heterocycles. The molecule has 0 atom stereocenters. The highest BCUT2D eigenvalue weighted by Crippen LogP contribution is 2.43. The maximum Gasteiger partial charge on any atom is 0.418 e. The third-order valence-corrected chi connectivity index (χ3v) is 5.38. The van der Waals surface area contributed by atoms with Gasteiger partial charge in [-0.2, -0.15) is 18.3 Å². The van der Waals surface area contributed by atoms with E-state index in [-0.39, 0.29) is 10.7 Å². The lowest BCUT2D eigenvalue weighted by Crippen LogP contribution is -2.15. The van der Waals surface area contributed by atoms with Crippen LogP contribution in [0.5, 0.6) is 0 Å². The largest absolute Gasteiger partial charge is 0.418 e. The van der Waals surface area contributed by atoms with Gasteiger partial charge >= 0.3 is 6.18 Å². The minimum absolute atomic E-state index is 0.0353. The van der Waals surface area contributed by atoms with Crippen LogP contribution in [-0.2, 0) is 12.6 Å². The summed E-state index contributed by atoms with van der Waals surface area (Å²) in [6.45, 7) is 0.748. The van der Waals surface area contributed by atoms with Gasteiger partial charge in [0.05, 0.1) is 16.9 Å². The number of nitrogens with one attached hydrogen (secondary N) is 1. The summed E-state index contributed by atoms with van der Waals surface area (Å²) in [6, 6.07) is 3.88. The van der Waals surface area contributed by atoms with Crippen LogP contribution in [0.2, 0.25) is 5.02 Å². The standard InChI is InChI=1S/C18H19ClF3N3/c19-12-7-8-15(14(10-12)18(20,21)22)25-17-13(6-1-2-9-23-17)16(24-25)11-4-3-5-11/h7-8,10-11,23H,1-6,9H2. The quantitative estimate of drug-likeness (QED) is 0.751. The Balaban J connectivity index is 1.90. The first-order valence-corrected chi connectivity index (χ1v) is 9.06. The molecule has 134 valence electrons. The lowest BCUT2D eigenvalue weighted by molar-refractivity contribution is -0.137. The van der Waals surface area contributed by atoms with E-state index in [4.69, 9.17) is 11.6 Å². The molecule has 25 heavy (non-hydrogen) atoms. The van der Waals surface area contributed by atoms with E-state index >= 15 is 0 Å². The van der Waals surface area contributed by atoms with Crippen molar-refractivity contribution >= 4 is 17.4 Å². The van der Waals surface area contributed by atoms with E-state index in [0.29, 0.717) is 11.7 Å². The molecule has 1 N–H and O–H groups in total. The zero-order valence-corrected chi connectivity index (χ0v) is 14.4. The van der Waals surface area contributed by atoms with Crippen molar-refractivity contribution in [3.8, 4) is 5.69 Å². The average Bonchev–Trinajstić information content (AvgIpc) is 2.69. The van der Waals surface area contributed by atoms with E-state index < -0.39 is 11.7 Å². The van der Waals surface area contributed by atoms with E-state index in [0.717, 1.165) is 62.4 Å². The summed E-state index contributed by atoms with van der Waals surface area (Å²) in [4.78, 5) is 0. The third-order valence-electron chi connectivity index (χ3n) is 5.14. The minimum atomic E-state index is -4.49. The lowest BCUT2D eigenvalue weighted by Gasteiger charge is -2.24. The second-order valence-corrected chi connectivity index (χ2v) is 7.23. The number of halogens is 4. The number of alkyl halides is 3. The average molecular weight is 370 g/mol. The molecule has 0 unspecified atom stereocenters. The molecule has 1 saturated carbocycles. The van der Waals surface area contributed by atoms with Crippen LogP contribution in [0.1, 0.15) is 54.8 Å². The SMILES string of the molecule is FC(F)(F)c1cc(Cl)ccc1-n1nc(C2CCC2)c2c1NCCCC2. The monoisotopic (exact) mass is 369 g/mol. The van der Waals surface area contributed by atoms with Gasteiger partial charge in [0.1, 0.15) is 5.82 Å². The molecule has 2 heterocycles. The highest BCUT2D eigenvalue weighted by atomic mass is 35.5. The molecule has 7 heteroatoms. The summed E-state index contributed by atoms with van der Waals surface area (Å²) in [7, 11) is 0. The Morgan fingerprint density at radius 3 is 2.64 bits per heavy atom. The highest BCUT2D eigenvalue weighted by molar-refractivity contribution is 6.30. The molecule has 0 saturated heterocycles. The van der Waals surface area contributed by atoms with Gasteiger partial charge in [-0.15, -0.1) is 0 Å². The van der Waals surface area contributed by atoms with Gasteiger partial charge in [-0.1, -0.05) is 18.0 Å². The van der Waals surface area contributed by atoms with Crippen molar-refractivity contribution in [1.82, 2.24) is 9.78 Å². The number of fused-ring (bicyclic) bond motifs is 1. The van der Waals surface area contributed by atoms with Gasteiger partial charge in [-0.25, -0.2) is 4.68 Å². The van der Waals surface area contributed by atoms with Crippen LogP contribution in [0.15, 0.2) is 18.2 Å². The fourth-order valence-electron chi connectivity index (χ4n) is 3.63. The summed E-state index contributed by atoms with van der Waals surface area (Å²) in [6.07, 6.45) is 1.70. The number of nitrogens with zero attached hydrogens (tertiary/aromatic N) is 2. The third kappa shape index (κ3) is 3.01. The first kappa shape index (κ1) is 16.8. The Bertz CT molecular complexity index is 794. The van der Waals surface area contributed by atoms with Crippen molar-refractivity contribution in [2.45, 2.75) is 50.6 Å². The van der Waals surface area contributed by atoms with Gasteiger partial charge in [0.15, 0.2) is 0 Å². The molecular weight excluding hydrogens is 351 g/mol. The van der Waals surface area contributed by atoms with Gasteiger partial charge in [-0.05, 0) is 50.3 Å². The normalized spacial score (nSPS) is 18.2. The minimum Gasteiger partial charge on any atom is -0.370 e. The van der Waals surface area contributed by atoms with Crippen molar-refractivity contribution in [1.29, 1.82) is 0 Å². The van der Waals surface area contributed by atoms with Gasteiger partial charge in [0, 0.05) is 23.0 Å². The number of rotatable bonds is 2. The Morgan fingerprint density at radius 1 is 1.16 bits per heavy atom. The maximum atomic E-state index is 13.5. The van der Waals surface area contributed by atoms with Crippen LogP contribution in [0.3, 0.4) is 0 Å². The number of hydrogen-bond acceptors (Lipinski definition) is 2. The van der Waals surface area contributed by atoms with Crippen molar-refractivity contribution in [3.63, 3.8) is 0 Å². The van der Waals surface area contributed by atoms with Crippen LogP contribution in [0, 0.1) is 0 Å². The summed E-state index contributed by atoms with van der Waals surface area (Å²) < 4.78 is 42.1. The number of hydrogen-bond donors (Lipinski definition) is 1. The van der Waals surface area contributed by atoms with Crippen molar-refractivity contribution in [3.05, 3.63) is 40.0 Å². The zero-order chi connectivity index (χ0) is 17.6. The molecular formula is C18H19ClF3N3. The molecule has 3 nitrogen and oxygen atoms in total. The van der Waals surface area contributed by atoms with Crippen LogP contribution in [0.4, 0.5) is 19.0 Å². The Morgan fingerprint density at radius 2 is 1.96 bits per heavy atom. The molecule has 1 fully saturated rings. The van der Waals surface area contributed by atoms with E-state index in [1.165, 1.54) is 16.8 Å². The lowest BCUT2D eigenvalue weighted by atomic mass is 9.81. The fraction of sp³-hybridized carbons (Fsp3) is 0.500. The molecule has 1 aliphatic carbocycles. The molecule has 0 spiro atoms. The van der Waals surface area contributed by atoms with E-state index in [1.54, 1.807) is 0 Å². The van der Waals surface area contributed by atoms with Gasteiger partial charge < -0.3 is 5.32 Å². The van der Waals surface area contributed by atoms with Crippen molar-refractivity contribution < 1.29 is 13.2 Å². The second-order valence-electron chi connectivity index (χ2n) is 6.80. The first-order chi connectivity index (χ1) is 11.9. The predicted molar refractivity (Wildman–Crippen MR) is 91.6 cm³/mol. The van der Waals surface area contributed by atoms with Crippen LogP contribution < -0.4 is 5.32 Å².